The van der Waals surface area contributed by atoms with Gasteiger partial charge in [-0.3, -0.25) is 0 Å². The van der Waals surface area contributed by atoms with Crippen molar-refractivity contribution in [2.45, 2.75) is 46.0 Å². The second-order valence-corrected chi connectivity index (χ2v) is 7.65. The van der Waals surface area contributed by atoms with Gasteiger partial charge in [-0.25, -0.2) is 0 Å². The van der Waals surface area contributed by atoms with Crippen molar-refractivity contribution in [3.05, 3.63) is 88.0 Å². The van der Waals surface area contributed by atoms with Gasteiger partial charge in [0.05, 0.1) is 0 Å². The maximum absolute atomic E-state index is 9.99. The van der Waals surface area contributed by atoms with E-state index in [0.29, 0.717) is 0 Å². The molecule has 3 heteroatoms. The number of phenols is 3. The van der Waals surface area contributed by atoms with Crippen LogP contribution in [0.15, 0.2) is 54.6 Å². The summed E-state index contributed by atoms with van der Waals surface area (Å²) in [4.78, 5) is 0. The van der Waals surface area contributed by atoms with Gasteiger partial charge in [-0.2, -0.15) is 0 Å². The van der Waals surface area contributed by atoms with E-state index in [-0.39, 0.29) is 17.2 Å². The first kappa shape index (κ1) is 19.8. The zero-order valence-corrected chi connectivity index (χ0v) is 17.0. The summed E-state index contributed by atoms with van der Waals surface area (Å²) in [5.74, 6) is 0.740. The summed E-state index contributed by atoms with van der Waals surface area (Å²) in [6.45, 7) is 8.22. The van der Waals surface area contributed by atoms with Crippen LogP contribution in [0.2, 0.25) is 0 Å². The minimum absolute atomic E-state index is 0.247. The lowest BCUT2D eigenvalue weighted by molar-refractivity contribution is 0.470. The van der Waals surface area contributed by atoms with Crippen LogP contribution in [0.4, 0.5) is 0 Å². The molecule has 0 aliphatic heterocycles. The Morgan fingerprint density at radius 3 is 1.18 bits per heavy atom. The zero-order valence-electron chi connectivity index (χ0n) is 17.0. The Morgan fingerprint density at radius 1 is 0.607 bits per heavy atom. The average molecular weight is 376 g/mol. The molecule has 0 heterocycles. The van der Waals surface area contributed by atoms with Gasteiger partial charge < -0.3 is 15.3 Å². The molecule has 0 spiro atoms. The SMILES string of the molecule is CCCC(c1ccc(O)cc1C)(c1ccc(O)cc1C)c1ccc(O)cc1C. The Morgan fingerprint density at radius 2 is 0.929 bits per heavy atom. The molecule has 3 aromatic carbocycles. The van der Waals surface area contributed by atoms with Crippen molar-refractivity contribution in [3.63, 3.8) is 0 Å². The highest BCUT2D eigenvalue weighted by Gasteiger charge is 2.39. The molecule has 0 aliphatic rings. The molecule has 0 amide bonds. The van der Waals surface area contributed by atoms with Crippen molar-refractivity contribution in [1.29, 1.82) is 0 Å². The molecule has 0 atom stereocenters. The summed E-state index contributed by atoms with van der Waals surface area (Å²) < 4.78 is 0. The van der Waals surface area contributed by atoms with E-state index in [1.807, 2.05) is 39.0 Å². The van der Waals surface area contributed by atoms with Crippen LogP contribution in [0.1, 0.15) is 53.1 Å². The molecule has 3 rings (SSSR count). The molecule has 0 saturated carbocycles. The van der Waals surface area contributed by atoms with Crippen molar-refractivity contribution in [2.24, 2.45) is 0 Å². The molecular weight excluding hydrogens is 348 g/mol. The maximum atomic E-state index is 9.99. The van der Waals surface area contributed by atoms with E-state index < -0.39 is 5.41 Å². The third kappa shape index (κ3) is 3.33. The predicted molar refractivity (Wildman–Crippen MR) is 113 cm³/mol. The highest BCUT2D eigenvalue weighted by atomic mass is 16.3. The number of aromatic hydroxyl groups is 3. The average Bonchev–Trinajstić information content (AvgIpc) is 2.61. The molecule has 0 unspecified atom stereocenters. The Bertz CT molecular complexity index is 879. The quantitative estimate of drug-likeness (QED) is 0.489. The fourth-order valence-corrected chi connectivity index (χ4v) is 4.59. The largest absolute Gasteiger partial charge is 0.508 e. The molecule has 0 aromatic heterocycles. The van der Waals surface area contributed by atoms with Crippen LogP contribution in [0.3, 0.4) is 0 Å². The molecule has 0 radical (unpaired) electrons. The Balaban J connectivity index is 2.46. The van der Waals surface area contributed by atoms with Crippen LogP contribution in [-0.4, -0.2) is 15.3 Å². The number of phenolic OH excluding ortho intramolecular Hbond substituents is 3. The topological polar surface area (TPSA) is 60.7 Å². The van der Waals surface area contributed by atoms with Gasteiger partial charge in [0.25, 0.3) is 0 Å². The zero-order chi connectivity index (χ0) is 20.5. The minimum atomic E-state index is -0.456. The van der Waals surface area contributed by atoms with Crippen LogP contribution in [0, 0.1) is 20.8 Å². The normalized spacial score (nSPS) is 11.6. The van der Waals surface area contributed by atoms with Gasteiger partial charge in [-0.05, 0) is 97.0 Å². The summed E-state index contributed by atoms with van der Waals surface area (Å²) in [6.07, 6.45) is 1.80. The fraction of sp³-hybridized carbons (Fsp3) is 0.280. The maximum Gasteiger partial charge on any atom is 0.115 e. The first-order valence-corrected chi connectivity index (χ1v) is 9.70. The van der Waals surface area contributed by atoms with Gasteiger partial charge in [0.1, 0.15) is 17.2 Å². The Kier molecular flexibility index (Phi) is 5.37. The molecule has 0 fully saturated rings. The van der Waals surface area contributed by atoms with Gasteiger partial charge in [-0.1, -0.05) is 31.5 Å². The summed E-state index contributed by atoms with van der Waals surface area (Å²) >= 11 is 0. The lowest BCUT2D eigenvalue weighted by atomic mass is 9.63. The van der Waals surface area contributed by atoms with Crippen molar-refractivity contribution in [3.8, 4) is 17.2 Å². The minimum Gasteiger partial charge on any atom is -0.508 e. The molecule has 0 bridgehead atoms. The number of hydrogen-bond acceptors (Lipinski definition) is 3. The van der Waals surface area contributed by atoms with Crippen LogP contribution < -0.4 is 0 Å². The van der Waals surface area contributed by atoms with Gasteiger partial charge in [0, 0.05) is 5.41 Å². The molecule has 146 valence electrons. The van der Waals surface area contributed by atoms with Crippen LogP contribution >= 0.6 is 0 Å². The molecule has 0 aliphatic carbocycles. The van der Waals surface area contributed by atoms with Crippen LogP contribution in [-0.2, 0) is 5.41 Å². The summed E-state index contributed by atoms with van der Waals surface area (Å²) in [5.41, 5.74) is 5.93. The first-order chi connectivity index (χ1) is 13.3. The van der Waals surface area contributed by atoms with E-state index >= 15 is 0 Å². The molecule has 3 nitrogen and oxygen atoms in total. The third-order valence-corrected chi connectivity index (χ3v) is 5.63. The van der Waals surface area contributed by atoms with Crippen molar-refractivity contribution in [1.82, 2.24) is 0 Å². The van der Waals surface area contributed by atoms with E-state index in [1.165, 1.54) is 0 Å². The van der Waals surface area contributed by atoms with Crippen LogP contribution in [0.25, 0.3) is 0 Å². The number of rotatable bonds is 5. The number of hydrogen-bond donors (Lipinski definition) is 3. The first-order valence-electron chi connectivity index (χ1n) is 9.70. The molecular formula is C25H28O3. The molecule has 0 saturated heterocycles. The van der Waals surface area contributed by atoms with Gasteiger partial charge in [-0.15, -0.1) is 0 Å². The predicted octanol–water partition coefficient (Wildman–Crippen LogP) is 5.86. The van der Waals surface area contributed by atoms with Crippen molar-refractivity contribution in [2.75, 3.05) is 0 Å². The van der Waals surface area contributed by atoms with Crippen molar-refractivity contribution < 1.29 is 15.3 Å². The second kappa shape index (κ2) is 7.59. The monoisotopic (exact) mass is 376 g/mol. The van der Waals surface area contributed by atoms with Gasteiger partial charge in [0.2, 0.25) is 0 Å². The Labute approximate surface area is 166 Å². The van der Waals surface area contributed by atoms with E-state index in [1.54, 1.807) is 36.4 Å². The molecule has 3 aromatic rings. The highest BCUT2D eigenvalue weighted by Crippen LogP contribution is 2.48. The van der Waals surface area contributed by atoms with E-state index in [0.717, 1.165) is 46.2 Å². The van der Waals surface area contributed by atoms with Crippen molar-refractivity contribution >= 4 is 0 Å². The third-order valence-electron chi connectivity index (χ3n) is 5.63. The molecule has 3 N–H and O–H groups in total. The highest BCUT2D eigenvalue weighted by molar-refractivity contribution is 5.59. The van der Waals surface area contributed by atoms with E-state index in [9.17, 15) is 15.3 Å². The van der Waals surface area contributed by atoms with Gasteiger partial charge >= 0.3 is 0 Å². The fourth-order valence-electron chi connectivity index (χ4n) is 4.59. The Hall–Kier alpha value is -2.94. The summed E-state index contributed by atoms with van der Waals surface area (Å²) in [5, 5.41) is 30.0. The van der Waals surface area contributed by atoms with E-state index in [4.69, 9.17) is 0 Å². The number of benzene rings is 3. The standard InChI is InChI=1S/C25H28O3/c1-5-12-25(22-9-6-19(26)13-16(22)2,23-10-7-20(27)14-17(23)3)24-11-8-21(28)15-18(24)4/h6-11,13-15,26-28H,5,12H2,1-4H3. The van der Waals surface area contributed by atoms with Gasteiger partial charge in [0.15, 0.2) is 0 Å². The smallest absolute Gasteiger partial charge is 0.115 e. The summed E-state index contributed by atoms with van der Waals surface area (Å²) in [6, 6.07) is 16.6. The number of aryl methyl sites for hydroxylation is 3. The van der Waals surface area contributed by atoms with E-state index in [2.05, 4.69) is 6.92 Å². The molecule has 28 heavy (non-hydrogen) atoms. The summed E-state index contributed by atoms with van der Waals surface area (Å²) in [7, 11) is 0. The lowest BCUT2D eigenvalue weighted by Crippen LogP contribution is -2.32. The van der Waals surface area contributed by atoms with Crippen LogP contribution in [0.5, 0.6) is 17.2 Å². The lowest BCUT2D eigenvalue weighted by Gasteiger charge is -2.39. The second-order valence-electron chi connectivity index (χ2n) is 7.65.